The number of carbonyl (C=O) groups excluding carboxylic acids is 3. The van der Waals surface area contributed by atoms with Crippen molar-refractivity contribution in [2.24, 2.45) is 0 Å². The smallest absolute Gasteiger partial charge is 0.373 e. The molecule has 1 aliphatic heterocycles. The van der Waals surface area contributed by atoms with Crippen molar-refractivity contribution in [3.8, 4) is 11.5 Å². The van der Waals surface area contributed by atoms with Crippen molar-refractivity contribution in [3.05, 3.63) is 52.1 Å². The summed E-state index contributed by atoms with van der Waals surface area (Å²) >= 11 is 6.31. The number of hydrogen-bond acceptors (Lipinski definition) is 7. The quantitative estimate of drug-likeness (QED) is 0.373. The molecule has 0 spiro atoms. The Morgan fingerprint density at radius 2 is 1.94 bits per heavy atom. The summed E-state index contributed by atoms with van der Waals surface area (Å²) in [6.45, 7) is 4.32. The van der Waals surface area contributed by atoms with Gasteiger partial charge in [-0.3, -0.25) is 9.69 Å². The molecule has 1 aromatic carbocycles. The molecule has 9 nitrogen and oxygen atoms in total. The normalized spacial score (nSPS) is 14.7. The topological polar surface area (TPSA) is 107 Å². The van der Waals surface area contributed by atoms with Gasteiger partial charge < -0.3 is 23.9 Å². The number of benzene rings is 1. The van der Waals surface area contributed by atoms with Gasteiger partial charge in [-0.25, -0.2) is 9.59 Å². The van der Waals surface area contributed by atoms with E-state index in [1.54, 1.807) is 12.1 Å². The van der Waals surface area contributed by atoms with Crippen LogP contribution in [0, 0.1) is 0 Å². The molecule has 0 saturated carbocycles. The first kappa shape index (κ1) is 22.2. The lowest BCUT2D eigenvalue weighted by atomic mass is 10.1. The summed E-state index contributed by atoms with van der Waals surface area (Å²) in [5.74, 6) is -0.120. The number of hydrogen-bond donors (Lipinski definition) is 1. The highest BCUT2D eigenvalue weighted by Crippen LogP contribution is 2.37. The Labute approximate surface area is 183 Å². The molecule has 1 aliphatic rings. The van der Waals surface area contributed by atoms with Gasteiger partial charge in [-0.2, -0.15) is 0 Å². The van der Waals surface area contributed by atoms with E-state index in [2.05, 4.69) is 10.1 Å². The molecule has 0 bridgehead atoms. The molecule has 3 rings (SSSR count). The Morgan fingerprint density at radius 3 is 2.61 bits per heavy atom. The lowest BCUT2D eigenvalue weighted by Gasteiger charge is -2.13. The van der Waals surface area contributed by atoms with Crippen LogP contribution in [0.4, 0.5) is 4.79 Å². The second-order valence-electron chi connectivity index (χ2n) is 6.33. The lowest BCUT2D eigenvalue weighted by Crippen LogP contribution is -2.30. The van der Waals surface area contributed by atoms with E-state index >= 15 is 0 Å². The highest BCUT2D eigenvalue weighted by Gasteiger charge is 2.34. The fourth-order valence-electron chi connectivity index (χ4n) is 2.93. The van der Waals surface area contributed by atoms with Crippen LogP contribution in [0.25, 0.3) is 6.08 Å². The Morgan fingerprint density at radius 1 is 1.19 bits per heavy atom. The predicted molar refractivity (Wildman–Crippen MR) is 111 cm³/mol. The van der Waals surface area contributed by atoms with Gasteiger partial charge in [-0.1, -0.05) is 11.6 Å². The molecule has 2 heterocycles. The van der Waals surface area contributed by atoms with Gasteiger partial charge in [0.05, 0.1) is 31.9 Å². The average Bonchev–Trinajstić information content (AvgIpc) is 3.31. The van der Waals surface area contributed by atoms with Gasteiger partial charge in [0.1, 0.15) is 11.5 Å². The van der Waals surface area contributed by atoms with Crippen molar-refractivity contribution in [1.29, 1.82) is 0 Å². The third-order valence-electron chi connectivity index (χ3n) is 4.26. The number of halogens is 1. The number of urea groups is 1. The van der Waals surface area contributed by atoms with E-state index in [0.29, 0.717) is 35.3 Å². The van der Waals surface area contributed by atoms with Crippen molar-refractivity contribution >= 4 is 35.6 Å². The minimum absolute atomic E-state index is 0.0206. The van der Waals surface area contributed by atoms with Crippen LogP contribution in [-0.4, -0.2) is 43.1 Å². The molecule has 1 N–H and O–H groups in total. The van der Waals surface area contributed by atoms with Crippen LogP contribution < -0.4 is 14.8 Å². The zero-order valence-electron chi connectivity index (χ0n) is 17.2. The third kappa shape index (κ3) is 4.83. The molecule has 2 aromatic rings. The van der Waals surface area contributed by atoms with Crippen LogP contribution in [-0.2, 0) is 16.1 Å². The molecule has 1 aromatic heterocycles. The van der Waals surface area contributed by atoms with E-state index in [4.69, 9.17) is 25.5 Å². The zero-order chi connectivity index (χ0) is 22.5. The monoisotopic (exact) mass is 448 g/mol. The number of methoxy groups -OCH3 is 1. The summed E-state index contributed by atoms with van der Waals surface area (Å²) in [5.41, 5.74) is 0.612. The summed E-state index contributed by atoms with van der Waals surface area (Å²) < 4.78 is 21.0. The van der Waals surface area contributed by atoms with Gasteiger partial charge in [-0.05, 0) is 49.8 Å². The van der Waals surface area contributed by atoms with Gasteiger partial charge in [0.15, 0.2) is 11.5 Å². The van der Waals surface area contributed by atoms with E-state index < -0.39 is 17.9 Å². The Balaban J connectivity index is 1.83. The fourth-order valence-corrected chi connectivity index (χ4v) is 3.20. The second kappa shape index (κ2) is 9.57. The van der Waals surface area contributed by atoms with Crippen LogP contribution in [0.15, 0.2) is 34.4 Å². The second-order valence-corrected chi connectivity index (χ2v) is 6.74. The number of nitrogens with zero attached hydrogens (tertiary/aromatic N) is 1. The minimum Gasteiger partial charge on any atom is -0.490 e. The number of esters is 1. The van der Waals surface area contributed by atoms with Gasteiger partial charge >= 0.3 is 12.0 Å². The van der Waals surface area contributed by atoms with E-state index in [-0.39, 0.29) is 23.8 Å². The maximum absolute atomic E-state index is 12.7. The predicted octanol–water partition coefficient (Wildman–Crippen LogP) is 3.61. The van der Waals surface area contributed by atoms with Crippen LogP contribution >= 0.6 is 11.6 Å². The van der Waals surface area contributed by atoms with Crippen LogP contribution in [0.1, 0.15) is 35.7 Å². The van der Waals surface area contributed by atoms with E-state index in [0.717, 1.165) is 4.90 Å². The zero-order valence-corrected chi connectivity index (χ0v) is 17.9. The molecule has 0 radical (unpaired) electrons. The minimum atomic E-state index is -0.651. The Hall–Kier alpha value is -3.46. The molecule has 31 heavy (non-hydrogen) atoms. The first-order valence-electron chi connectivity index (χ1n) is 9.48. The van der Waals surface area contributed by atoms with Gasteiger partial charge in [-0.15, -0.1) is 0 Å². The molecule has 3 amide bonds. The molecule has 1 fully saturated rings. The van der Waals surface area contributed by atoms with Crippen molar-refractivity contribution in [2.75, 3.05) is 20.3 Å². The summed E-state index contributed by atoms with van der Waals surface area (Å²) in [6.07, 6.45) is 1.49. The molecule has 164 valence electrons. The van der Waals surface area contributed by atoms with Gasteiger partial charge in [0.25, 0.3) is 5.91 Å². The first-order valence-corrected chi connectivity index (χ1v) is 9.86. The number of nitrogens with one attached hydrogen (secondary N) is 1. The number of carbonyl (C=O) groups is 3. The van der Waals surface area contributed by atoms with Crippen molar-refractivity contribution in [3.63, 3.8) is 0 Å². The third-order valence-corrected chi connectivity index (χ3v) is 4.54. The molecule has 0 unspecified atom stereocenters. The van der Waals surface area contributed by atoms with Gasteiger partial charge in [0, 0.05) is 0 Å². The maximum Gasteiger partial charge on any atom is 0.373 e. The number of ether oxygens (including phenoxy) is 3. The highest BCUT2D eigenvalue weighted by atomic mass is 35.5. The summed E-state index contributed by atoms with van der Waals surface area (Å²) in [7, 11) is 1.23. The number of rotatable bonds is 8. The fraction of sp³-hybridized carbons (Fsp3) is 0.286. The Bertz CT molecular complexity index is 1040. The maximum atomic E-state index is 12.7. The van der Waals surface area contributed by atoms with Crippen LogP contribution in [0.2, 0.25) is 5.02 Å². The number of imide groups is 1. The van der Waals surface area contributed by atoms with Crippen LogP contribution in [0.3, 0.4) is 0 Å². The van der Waals surface area contributed by atoms with Crippen LogP contribution in [0.5, 0.6) is 11.5 Å². The Kier molecular flexibility index (Phi) is 6.86. The molecular formula is C21H21ClN2O7. The molecule has 1 saturated heterocycles. The summed E-state index contributed by atoms with van der Waals surface area (Å²) in [4.78, 5) is 37.5. The molecular weight excluding hydrogens is 428 g/mol. The summed E-state index contributed by atoms with van der Waals surface area (Å²) in [6, 6.07) is 5.57. The number of furan rings is 1. The average molecular weight is 449 g/mol. The SMILES string of the molecule is CCOc1cc(/C=C2\NC(=O)N(Cc3ccc(C(=O)OC)o3)C2=O)cc(Cl)c1OCC. The molecule has 0 atom stereocenters. The van der Waals surface area contributed by atoms with Crippen molar-refractivity contribution in [2.45, 2.75) is 20.4 Å². The largest absolute Gasteiger partial charge is 0.490 e. The van der Waals surface area contributed by atoms with E-state index in [1.165, 1.54) is 25.3 Å². The van der Waals surface area contributed by atoms with Crippen molar-refractivity contribution in [1.82, 2.24) is 10.2 Å². The van der Waals surface area contributed by atoms with E-state index in [9.17, 15) is 14.4 Å². The molecule has 10 heteroatoms. The first-order chi connectivity index (χ1) is 14.9. The lowest BCUT2D eigenvalue weighted by molar-refractivity contribution is -0.123. The highest BCUT2D eigenvalue weighted by molar-refractivity contribution is 6.32. The van der Waals surface area contributed by atoms with Crippen molar-refractivity contribution < 1.29 is 33.0 Å². The van der Waals surface area contributed by atoms with E-state index in [1.807, 2.05) is 13.8 Å². The number of amides is 3. The molecule has 0 aliphatic carbocycles. The summed E-state index contributed by atoms with van der Waals surface area (Å²) in [5, 5.41) is 2.84. The standard InChI is InChI=1S/C21H21ClN2O7/c1-4-29-17-10-12(8-14(22)18(17)30-5-2)9-15-19(25)24(21(27)23-15)11-13-6-7-16(31-13)20(26)28-3/h6-10H,4-5,11H2,1-3H3,(H,23,27)/b15-9-. The van der Waals surface area contributed by atoms with Gasteiger partial charge in [0.2, 0.25) is 5.76 Å².